The molecule has 1 amide bonds. The number of nitrogens with zero attached hydrogens (tertiary/aromatic N) is 1. The summed E-state index contributed by atoms with van der Waals surface area (Å²) in [6.45, 7) is 0.430. The quantitative estimate of drug-likeness (QED) is 0.659. The van der Waals surface area contributed by atoms with Gasteiger partial charge < -0.3 is 15.8 Å². The smallest absolute Gasteiger partial charge is 0.246 e. The molecular weight excluding hydrogens is 206 g/mol. The van der Waals surface area contributed by atoms with Gasteiger partial charge in [-0.2, -0.15) is 5.26 Å². The third-order valence-electron chi connectivity index (χ3n) is 2.74. The van der Waals surface area contributed by atoms with Gasteiger partial charge in [0.25, 0.3) is 0 Å². The summed E-state index contributed by atoms with van der Waals surface area (Å²) in [6, 6.07) is 2.02. The topological polar surface area (TPSA) is 88.1 Å². The average Bonchev–Trinajstić information content (AvgIpc) is 2.28. The first kappa shape index (κ1) is 12.9. The van der Waals surface area contributed by atoms with E-state index in [-0.39, 0.29) is 24.7 Å². The zero-order valence-corrected chi connectivity index (χ0v) is 9.45. The van der Waals surface area contributed by atoms with Crippen LogP contribution in [-0.2, 0) is 9.53 Å². The van der Waals surface area contributed by atoms with E-state index in [0.29, 0.717) is 13.0 Å². The number of carbonyl (C=O) groups is 1. The van der Waals surface area contributed by atoms with Crippen molar-refractivity contribution in [2.75, 3.05) is 13.2 Å². The fraction of sp³-hybridized carbons (Fsp3) is 0.818. The highest BCUT2D eigenvalue weighted by atomic mass is 16.5. The zero-order chi connectivity index (χ0) is 11.8. The first-order chi connectivity index (χ1) is 7.74. The van der Waals surface area contributed by atoms with E-state index in [9.17, 15) is 4.79 Å². The van der Waals surface area contributed by atoms with Crippen LogP contribution in [0.2, 0.25) is 0 Å². The van der Waals surface area contributed by atoms with Gasteiger partial charge in [-0.05, 0) is 12.8 Å². The summed E-state index contributed by atoms with van der Waals surface area (Å²) < 4.78 is 5.47. The summed E-state index contributed by atoms with van der Waals surface area (Å²) >= 11 is 0. The number of carbonyl (C=O) groups excluding carboxylic acids is 1. The van der Waals surface area contributed by atoms with Crippen molar-refractivity contribution in [1.29, 1.82) is 5.26 Å². The first-order valence-corrected chi connectivity index (χ1v) is 5.75. The molecule has 1 aliphatic carbocycles. The number of rotatable bonds is 5. The molecule has 2 atom stereocenters. The molecule has 5 heteroatoms. The Morgan fingerprint density at radius 2 is 2.25 bits per heavy atom. The SMILES string of the molecule is N#CCCNC(=O)COC1CCCCC1N. The number of hydrogen-bond donors (Lipinski definition) is 2. The van der Waals surface area contributed by atoms with Crippen LogP contribution in [0.15, 0.2) is 0 Å². The number of nitriles is 1. The second-order valence-electron chi connectivity index (χ2n) is 4.06. The zero-order valence-electron chi connectivity index (χ0n) is 9.45. The molecule has 1 rings (SSSR count). The first-order valence-electron chi connectivity index (χ1n) is 5.75. The van der Waals surface area contributed by atoms with Gasteiger partial charge in [0.05, 0.1) is 18.6 Å². The maximum absolute atomic E-state index is 11.3. The van der Waals surface area contributed by atoms with Crippen LogP contribution in [0.3, 0.4) is 0 Å². The van der Waals surface area contributed by atoms with E-state index < -0.39 is 0 Å². The highest BCUT2D eigenvalue weighted by Crippen LogP contribution is 2.19. The Hall–Kier alpha value is -1.12. The van der Waals surface area contributed by atoms with Crippen LogP contribution >= 0.6 is 0 Å². The second-order valence-corrected chi connectivity index (χ2v) is 4.06. The number of ether oxygens (including phenoxy) is 1. The molecule has 16 heavy (non-hydrogen) atoms. The van der Waals surface area contributed by atoms with Crippen molar-refractivity contribution in [2.45, 2.75) is 44.2 Å². The number of nitrogens with one attached hydrogen (secondary N) is 1. The molecule has 2 unspecified atom stereocenters. The molecule has 1 saturated carbocycles. The van der Waals surface area contributed by atoms with Gasteiger partial charge >= 0.3 is 0 Å². The standard InChI is InChI=1S/C11H19N3O2/c12-6-3-7-14-11(15)8-16-10-5-2-1-4-9(10)13/h9-10H,1-5,7-8,13H2,(H,14,15). The molecule has 1 fully saturated rings. The van der Waals surface area contributed by atoms with Crippen molar-refractivity contribution < 1.29 is 9.53 Å². The van der Waals surface area contributed by atoms with E-state index in [1.54, 1.807) is 0 Å². The molecule has 3 N–H and O–H groups in total. The molecule has 0 aromatic carbocycles. The Labute approximate surface area is 95.9 Å². The Bertz CT molecular complexity index is 262. The molecule has 0 spiro atoms. The van der Waals surface area contributed by atoms with Crippen LogP contribution in [0.25, 0.3) is 0 Å². The highest BCUT2D eigenvalue weighted by molar-refractivity contribution is 5.77. The summed E-state index contributed by atoms with van der Waals surface area (Å²) in [5.74, 6) is -0.173. The van der Waals surface area contributed by atoms with Gasteiger partial charge in [0.1, 0.15) is 6.61 Å². The van der Waals surface area contributed by atoms with E-state index in [1.807, 2.05) is 6.07 Å². The van der Waals surface area contributed by atoms with Crippen molar-refractivity contribution >= 4 is 5.91 Å². The Morgan fingerprint density at radius 3 is 2.94 bits per heavy atom. The Morgan fingerprint density at radius 1 is 1.50 bits per heavy atom. The molecule has 0 aromatic heterocycles. The average molecular weight is 225 g/mol. The third-order valence-corrected chi connectivity index (χ3v) is 2.74. The minimum absolute atomic E-state index is 0.00969. The van der Waals surface area contributed by atoms with Crippen molar-refractivity contribution in [3.8, 4) is 6.07 Å². The van der Waals surface area contributed by atoms with E-state index in [4.69, 9.17) is 15.7 Å². The predicted molar refractivity (Wildman–Crippen MR) is 59.4 cm³/mol. The van der Waals surface area contributed by atoms with Crippen LogP contribution in [0, 0.1) is 11.3 Å². The summed E-state index contributed by atoms with van der Waals surface area (Å²) in [5.41, 5.74) is 5.89. The molecule has 5 nitrogen and oxygen atoms in total. The molecule has 90 valence electrons. The molecule has 0 radical (unpaired) electrons. The summed E-state index contributed by atoms with van der Waals surface area (Å²) in [4.78, 5) is 11.3. The molecule has 1 aliphatic rings. The van der Waals surface area contributed by atoms with Crippen LogP contribution < -0.4 is 11.1 Å². The van der Waals surface area contributed by atoms with E-state index in [1.165, 1.54) is 0 Å². The summed E-state index contributed by atoms with van der Waals surface area (Å²) in [7, 11) is 0. The number of hydrogen-bond acceptors (Lipinski definition) is 4. The van der Waals surface area contributed by atoms with Crippen molar-refractivity contribution in [3.63, 3.8) is 0 Å². The number of amides is 1. The third kappa shape index (κ3) is 4.60. The fourth-order valence-electron chi connectivity index (χ4n) is 1.82. The molecule has 0 aliphatic heterocycles. The van der Waals surface area contributed by atoms with Gasteiger partial charge in [-0.1, -0.05) is 12.8 Å². The van der Waals surface area contributed by atoms with Crippen molar-refractivity contribution in [3.05, 3.63) is 0 Å². The Balaban J connectivity index is 2.13. The van der Waals surface area contributed by atoms with Gasteiger partial charge in [0.2, 0.25) is 5.91 Å². The predicted octanol–water partition coefficient (Wildman–Crippen LogP) is 0.303. The largest absolute Gasteiger partial charge is 0.367 e. The van der Waals surface area contributed by atoms with E-state index in [0.717, 1.165) is 25.7 Å². The monoisotopic (exact) mass is 225 g/mol. The minimum atomic E-state index is -0.173. The summed E-state index contributed by atoms with van der Waals surface area (Å²) in [5, 5.41) is 10.9. The van der Waals surface area contributed by atoms with E-state index in [2.05, 4.69) is 5.32 Å². The van der Waals surface area contributed by atoms with Gasteiger partial charge in [0, 0.05) is 12.6 Å². The lowest BCUT2D eigenvalue weighted by atomic mass is 9.93. The van der Waals surface area contributed by atoms with E-state index >= 15 is 0 Å². The van der Waals surface area contributed by atoms with Gasteiger partial charge in [-0.25, -0.2) is 0 Å². The van der Waals surface area contributed by atoms with Crippen LogP contribution in [0.1, 0.15) is 32.1 Å². The van der Waals surface area contributed by atoms with Crippen LogP contribution in [0.4, 0.5) is 0 Å². The molecule has 0 heterocycles. The lowest BCUT2D eigenvalue weighted by Gasteiger charge is -2.28. The van der Waals surface area contributed by atoms with Crippen LogP contribution in [-0.4, -0.2) is 31.2 Å². The molecule has 0 bridgehead atoms. The van der Waals surface area contributed by atoms with Gasteiger partial charge in [0.15, 0.2) is 0 Å². The normalized spacial score (nSPS) is 24.8. The maximum atomic E-state index is 11.3. The molecule has 0 saturated heterocycles. The second kappa shape index (κ2) is 7.20. The van der Waals surface area contributed by atoms with Gasteiger partial charge in [-0.15, -0.1) is 0 Å². The molecule has 0 aromatic rings. The Kier molecular flexibility index (Phi) is 5.83. The minimum Gasteiger partial charge on any atom is -0.367 e. The van der Waals surface area contributed by atoms with Crippen molar-refractivity contribution in [2.24, 2.45) is 5.73 Å². The van der Waals surface area contributed by atoms with Crippen molar-refractivity contribution in [1.82, 2.24) is 5.32 Å². The lowest BCUT2D eigenvalue weighted by Crippen LogP contribution is -2.41. The maximum Gasteiger partial charge on any atom is 0.246 e. The highest BCUT2D eigenvalue weighted by Gasteiger charge is 2.22. The summed E-state index contributed by atoms with van der Waals surface area (Å²) in [6.07, 6.45) is 4.52. The molecular formula is C11H19N3O2. The fourth-order valence-corrected chi connectivity index (χ4v) is 1.82. The number of nitrogens with two attached hydrogens (primary N) is 1. The van der Waals surface area contributed by atoms with Crippen LogP contribution in [0.5, 0.6) is 0 Å². The lowest BCUT2D eigenvalue weighted by molar-refractivity contribution is -0.128. The van der Waals surface area contributed by atoms with Gasteiger partial charge in [-0.3, -0.25) is 4.79 Å².